The highest BCUT2D eigenvalue weighted by molar-refractivity contribution is 9.10. The van der Waals surface area contributed by atoms with E-state index in [4.69, 9.17) is 13.7 Å². The number of carbonyl (C=O) groups excluding carboxylic acids is 1. The zero-order valence-corrected chi connectivity index (χ0v) is 20.1. The summed E-state index contributed by atoms with van der Waals surface area (Å²) in [7, 11) is -2.65. The first-order valence-corrected chi connectivity index (χ1v) is 11.8. The smallest absolute Gasteiger partial charge is 0.339 e. The number of rotatable bonds is 9. The maximum Gasteiger partial charge on any atom is 0.339 e. The standard InChI is InChI=1S/C22H20BrN3O6S/c1-3-31-20-13-15(14-25-26-22(27)16-8-10-24-11-9-16)12-19(23)21(20)32-33(28,29)18-6-4-17(30-2)5-7-18/h4-14H,3H2,1-2H3,(H,26,27)/b25-14+. The molecule has 0 aliphatic rings. The third-order valence-electron chi connectivity index (χ3n) is 4.20. The molecule has 0 saturated carbocycles. The van der Waals surface area contributed by atoms with Crippen LogP contribution in [0.25, 0.3) is 0 Å². The van der Waals surface area contributed by atoms with Crippen molar-refractivity contribution in [1.29, 1.82) is 0 Å². The Balaban J connectivity index is 1.82. The number of nitrogens with one attached hydrogen (secondary N) is 1. The molecule has 0 fully saturated rings. The third-order valence-corrected chi connectivity index (χ3v) is 6.02. The number of benzene rings is 2. The van der Waals surface area contributed by atoms with E-state index in [1.807, 2.05) is 0 Å². The predicted octanol–water partition coefficient (Wildman–Crippen LogP) is 3.78. The van der Waals surface area contributed by atoms with Crippen molar-refractivity contribution in [3.05, 3.63) is 76.5 Å². The van der Waals surface area contributed by atoms with E-state index in [0.717, 1.165) is 0 Å². The number of ether oxygens (including phenoxy) is 2. The number of carbonyl (C=O) groups is 1. The van der Waals surface area contributed by atoms with Crippen LogP contribution in [0.5, 0.6) is 17.2 Å². The monoisotopic (exact) mass is 533 g/mol. The lowest BCUT2D eigenvalue weighted by Gasteiger charge is -2.14. The lowest BCUT2D eigenvalue weighted by Crippen LogP contribution is -2.17. The molecule has 0 aliphatic heterocycles. The molecular weight excluding hydrogens is 514 g/mol. The van der Waals surface area contributed by atoms with Gasteiger partial charge in [0.2, 0.25) is 0 Å². The molecule has 1 aromatic heterocycles. The van der Waals surface area contributed by atoms with Gasteiger partial charge in [-0.3, -0.25) is 9.78 Å². The van der Waals surface area contributed by atoms with Gasteiger partial charge < -0.3 is 13.7 Å². The van der Waals surface area contributed by atoms with E-state index in [-0.39, 0.29) is 23.0 Å². The number of aromatic nitrogens is 1. The minimum atomic E-state index is -4.13. The van der Waals surface area contributed by atoms with Gasteiger partial charge in [-0.2, -0.15) is 13.5 Å². The Bertz CT molecular complexity index is 1250. The summed E-state index contributed by atoms with van der Waals surface area (Å²) >= 11 is 3.33. The molecule has 33 heavy (non-hydrogen) atoms. The van der Waals surface area contributed by atoms with E-state index in [2.05, 4.69) is 31.4 Å². The molecule has 11 heteroatoms. The average molecular weight is 534 g/mol. The Morgan fingerprint density at radius 3 is 2.48 bits per heavy atom. The highest BCUT2D eigenvalue weighted by Gasteiger charge is 2.22. The molecule has 9 nitrogen and oxygen atoms in total. The number of amides is 1. The third kappa shape index (κ3) is 6.30. The highest BCUT2D eigenvalue weighted by atomic mass is 79.9. The number of hydrogen-bond donors (Lipinski definition) is 1. The van der Waals surface area contributed by atoms with Crippen LogP contribution in [0.1, 0.15) is 22.8 Å². The van der Waals surface area contributed by atoms with Crippen molar-refractivity contribution in [1.82, 2.24) is 10.4 Å². The molecule has 0 unspecified atom stereocenters. The number of pyridine rings is 1. The molecule has 0 atom stereocenters. The minimum absolute atomic E-state index is 0.00867. The van der Waals surface area contributed by atoms with Crippen molar-refractivity contribution in [2.75, 3.05) is 13.7 Å². The summed E-state index contributed by atoms with van der Waals surface area (Å²) in [4.78, 5) is 15.9. The zero-order chi connectivity index (χ0) is 23.8. The van der Waals surface area contributed by atoms with E-state index in [1.54, 1.807) is 31.2 Å². The molecule has 0 spiro atoms. The quantitative estimate of drug-likeness (QED) is 0.252. The molecule has 1 amide bonds. The van der Waals surface area contributed by atoms with Gasteiger partial charge >= 0.3 is 10.1 Å². The van der Waals surface area contributed by atoms with Crippen LogP contribution in [0.4, 0.5) is 0 Å². The van der Waals surface area contributed by atoms with Crippen LogP contribution in [-0.4, -0.2) is 39.2 Å². The second-order valence-corrected chi connectivity index (χ2v) is 8.81. The van der Waals surface area contributed by atoms with Crippen molar-refractivity contribution < 1.29 is 26.9 Å². The lowest BCUT2D eigenvalue weighted by atomic mass is 10.2. The van der Waals surface area contributed by atoms with Gasteiger partial charge in [-0.1, -0.05) is 0 Å². The van der Waals surface area contributed by atoms with Crippen LogP contribution >= 0.6 is 15.9 Å². The minimum Gasteiger partial charge on any atom is -0.497 e. The molecule has 2 aromatic carbocycles. The molecule has 0 aliphatic carbocycles. The van der Waals surface area contributed by atoms with Gasteiger partial charge in [0, 0.05) is 18.0 Å². The Morgan fingerprint density at radius 1 is 1.15 bits per heavy atom. The zero-order valence-electron chi connectivity index (χ0n) is 17.7. The predicted molar refractivity (Wildman–Crippen MR) is 125 cm³/mol. The lowest BCUT2D eigenvalue weighted by molar-refractivity contribution is 0.0955. The van der Waals surface area contributed by atoms with Crippen LogP contribution < -0.4 is 19.1 Å². The molecule has 1 heterocycles. The summed E-state index contributed by atoms with van der Waals surface area (Å²) in [5.41, 5.74) is 3.36. The van der Waals surface area contributed by atoms with E-state index in [1.165, 1.54) is 50.0 Å². The summed E-state index contributed by atoms with van der Waals surface area (Å²) in [5.74, 6) is 0.296. The van der Waals surface area contributed by atoms with E-state index < -0.39 is 16.0 Å². The first kappa shape index (κ1) is 24.2. The van der Waals surface area contributed by atoms with Gasteiger partial charge in [-0.15, -0.1) is 0 Å². The Labute approximate surface area is 199 Å². The Kier molecular flexibility index (Phi) is 8.01. The highest BCUT2D eigenvalue weighted by Crippen LogP contribution is 2.38. The average Bonchev–Trinajstić information content (AvgIpc) is 2.82. The summed E-state index contributed by atoms with van der Waals surface area (Å²) in [5, 5.41) is 3.94. The SMILES string of the molecule is CCOc1cc(/C=N/NC(=O)c2ccncc2)cc(Br)c1OS(=O)(=O)c1ccc(OC)cc1. The fraction of sp³-hybridized carbons (Fsp3) is 0.136. The summed E-state index contributed by atoms with van der Waals surface area (Å²) in [6, 6.07) is 12.1. The van der Waals surface area contributed by atoms with Crippen molar-refractivity contribution in [2.45, 2.75) is 11.8 Å². The fourth-order valence-corrected chi connectivity index (χ4v) is 4.24. The van der Waals surface area contributed by atoms with Crippen LogP contribution in [0.2, 0.25) is 0 Å². The van der Waals surface area contributed by atoms with Crippen molar-refractivity contribution >= 4 is 38.2 Å². The molecule has 0 radical (unpaired) electrons. The van der Waals surface area contributed by atoms with Crippen LogP contribution in [0, 0.1) is 0 Å². The number of hydrogen-bond acceptors (Lipinski definition) is 8. The largest absolute Gasteiger partial charge is 0.497 e. The topological polar surface area (TPSA) is 116 Å². The van der Waals surface area contributed by atoms with E-state index >= 15 is 0 Å². The molecule has 1 N–H and O–H groups in total. The normalized spacial score (nSPS) is 11.2. The molecular formula is C22H20BrN3O6S. The van der Waals surface area contributed by atoms with Gasteiger partial charge in [0.1, 0.15) is 10.6 Å². The van der Waals surface area contributed by atoms with Crippen molar-refractivity contribution in [3.63, 3.8) is 0 Å². The fourth-order valence-electron chi connectivity index (χ4n) is 2.64. The molecule has 3 rings (SSSR count). The van der Waals surface area contributed by atoms with Crippen LogP contribution in [0.15, 0.2) is 75.4 Å². The maximum absolute atomic E-state index is 12.8. The van der Waals surface area contributed by atoms with Gasteiger partial charge in [-0.05, 0) is 76.9 Å². The molecule has 0 bridgehead atoms. The molecule has 172 valence electrons. The van der Waals surface area contributed by atoms with Crippen molar-refractivity contribution in [3.8, 4) is 17.2 Å². The Morgan fingerprint density at radius 2 is 1.85 bits per heavy atom. The summed E-state index contributed by atoms with van der Waals surface area (Å²) in [6.45, 7) is 2.02. The van der Waals surface area contributed by atoms with Crippen LogP contribution in [0.3, 0.4) is 0 Å². The van der Waals surface area contributed by atoms with Crippen molar-refractivity contribution in [2.24, 2.45) is 5.10 Å². The maximum atomic E-state index is 12.8. The second-order valence-electron chi connectivity index (χ2n) is 6.41. The van der Waals surface area contributed by atoms with Gasteiger partial charge in [-0.25, -0.2) is 5.43 Å². The van der Waals surface area contributed by atoms with Gasteiger partial charge in [0.25, 0.3) is 5.91 Å². The number of methoxy groups -OCH3 is 1. The molecule has 0 saturated heterocycles. The first-order chi connectivity index (χ1) is 15.8. The first-order valence-electron chi connectivity index (χ1n) is 9.62. The Hall–Kier alpha value is -3.44. The number of nitrogens with zero attached hydrogens (tertiary/aromatic N) is 2. The second kappa shape index (κ2) is 10.9. The molecule has 3 aromatic rings. The van der Waals surface area contributed by atoms with Gasteiger partial charge in [0.05, 0.1) is 24.4 Å². The van der Waals surface area contributed by atoms with E-state index in [9.17, 15) is 13.2 Å². The number of hydrazone groups is 1. The van der Waals surface area contributed by atoms with E-state index in [0.29, 0.717) is 21.3 Å². The number of halogens is 1. The van der Waals surface area contributed by atoms with Gasteiger partial charge in [0.15, 0.2) is 11.5 Å². The summed E-state index contributed by atoms with van der Waals surface area (Å²) < 4.78 is 41.8. The van der Waals surface area contributed by atoms with Crippen LogP contribution in [-0.2, 0) is 10.1 Å². The summed E-state index contributed by atoms with van der Waals surface area (Å²) in [6.07, 6.45) is 4.40.